The maximum atomic E-state index is 11.9. The van der Waals surface area contributed by atoms with Gasteiger partial charge in [-0.3, -0.25) is 4.79 Å². The molecule has 2 rings (SSSR count). The summed E-state index contributed by atoms with van der Waals surface area (Å²) in [6.45, 7) is 0.323. The van der Waals surface area contributed by atoms with Gasteiger partial charge < -0.3 is 16.3 Å². The monoisotopic (exact) mass is 271 g/mol. The minimum Gasteiger partial charge on any atom is -0.409 e. The molecule has 0 aliphatic heterocycles. The summed E-state index contributed by atoms with van der Waals surface area (Å²) >= 11 is 0. The van der Waals surface area contributed by atoms with E-state index < -0.39 is 0 Å². The molecule has 1 aromatic heterocycles. The van der Waals surface area contributed by atoms with Crippen molar-refractivity contribution >= 4 is 11.7 Å². The van der Waals surface area contributed by atoms with E-state index in [-0.39, 0.29) is 11.7 Å². The van der Waals surface area contributed by atoms with Crippen molar-refractivity contribution in [3.8, 4) is 0 Å². The molecule has 0 aliphatic rings. The maximum Gasteiger partial charge on any atom is 0.251 e. The first kappa shape index (κ1) is 13.5. The van der Waals surface area contributed by atoms with Crippen LogP contribution < -0.4 is 11.1 Å². The van der Waals surface area contributed by atoms with Gasteiger partial charge in [-0.2, -0.15) is 0 Å². The molecule has 0 atom stereocenters. The van der Waals surface area contributed by atoms with Crippen LogP contribution in [0.25, 0.3) is 0 Å². The van der Waals surface area contributed by atoms with E-state index in [0.29, 0.717) is 17.7 Å². The third-order valence-electron chi connectivity index (χ3n) is 2.62. The van der Waals surface area contributed by atoms with Crippen LogP contribution in [0.1, 0.15) is 21.6 Å². The number of rotatable bonds is 4. The Morgan fingerprint density at radius 3 is 2.55 bits per heavy atom. The molecule has 1 amide bonds. The highest BCUT2D eigenvalue weighted by Gasteiger charge is 2.06. The second-order valence-corrected chi connectivity index (χ2v) is 3.95. The molecule has 1 aromatic carbocycles. The SMILES string of the molecule is N/C(=N/O)c1ccc(C(=O)NCc2ccncn2)cc1. The van der Waals surface area contributed by atoms with Gasteiger partial charge in [0.15, 0.2) is 5.84 Å². The molecule has 20 heavy (non-hydrogen) atoms. The maximum absolute atomic E-state index is 11.9. The van der Waals surface area contributed by atoms with Gasteiger partial charge in [-0.05, 0) is 18.2 Å². The molecule has 7 heteroatoms. The molecule has 2 aromatic rings. The van der Waals surface area contributed by atoms with Crippen molar-refractivity contribution in [1.29, 1.82) is 0 Å². The van der Waals surface area contributed by atoms with Gasteiger partial charge in [0.2, 0.25) is 0 Å². The molecule has 4 N–H and O–H groups in total. The van der Waals surface area contributed by atoms with Gasteiger partial charge in [0.1, 0.15) is 6.33 Å². The quantitative estimate of drug-likeness (QED) is 0.324. The van der Waals surface area contributed by atoms with Crippen molar-refractivity contribution in [3.05, 3.63) is 59.7 Å². The Kier molecular flexibility index (Phi) is 4.23. The largest absolute Gasteiger partial charge is 0.409 e. The van der Waals surface area contributed by atoms with Gasteiger partial charge in [-0.15, -0.1) is 0 Å². The molecule has 102 valence electrons. The summed E-state index contributed by atoms with van der Waals surface area (Å²) in [5.41, 5.74) is 7.19. The number of aromatic nitrogens is 2. The number of nitrogens with zero attached hydrogens (tertiary/aromatic N) is 3. The number of hydrogen-bond donors (Lipinski definition) is 3. The molecular formula is C13H13N5O2. The van der Waals surface area contributed by atoms with E-state index in [4.69, 9.17) is 10.9 Å². The zero-order chi connectivity index (χ0) is 14.4. The Morgan fingerprint density at radius 1 is 1.25 bits per heavy atom. The summed E-state index contributed by atoms with van der Waals surface area (Å²) in [6.07, 6.45) is 3.04. The molecular weight excluding hydrogens is 258 g/mol. The van der Waals surface area contributed by atoms with Crippen molar-refractivity contribution in [2.24, 2.45) is 10.9 Å². The molecule has 7 nitrogen and oxygen atoms in total. The Morgan fingerprint density at radius 2 is 1.95 bits per heavy atom. The van der Waals surface area contributed by atoms with E-state index in [1.807, 2.05) is 0 Å². The second kappa shape index (κ2) is 6.28. The van der Waals surface area contributed by atoms with Crippen molar-refractivity contribution in [1.82, 2.24) is 15.3 Å². The predicted molar refractivity (Wildman–Crippen MR) is 72.2 cm³/mol. The first-order valence-corrected chi connectivity index (χ1v) is 5.82. The van der Waals surface area contributed by atoms with E-state index in [1.54, 1.807) is 36.5 Å². The van der Waals surface area contributed by atoms with Crippen LogP contribution in [-0.4, -0.2) is 26.9 Å². The van der Waals surface area contributed by atoms with Gasteiger partial charge in [0.25, 0.3) is 5.91 Å². The topological polar surface area (TPSA) is 113 Å². The van der Waals surface area contributed by atoms with Crippen LogP contribution in [0.5, 0.6) is 0 Å². The van der Waals surface area contributed by atoms with Gasteiger partial charge >= 0.3 is 0 Å². The summed E-state index contributed by atoms with van der Waals surface area (Å²) in [6, 6.07) is 8.14. The fraction of sp³-hybridized carbons (Fsp3) is 0.0769. The van der Waals surface area contributed by atoms with Gasteiger partial charge in [0, 0.05) is 17.3 Å². The molecule has 0 spiro atoms. The number of benzene rings is 1. The number of nitrogens with two attached hydrogens (primary N) is 1. The standard InChI is InChI=1S/C13H13N5O2/c14-12(18-20)9-1-3-10(4-2-9)13(19)16-7-11-5-6-15-8-17-11/h1-6,8,20H,7H2,(H2,14,18)(H,16,19). The van der Waals surface area contributed by atoms with Crippen molar-refractivity contribution in [2.45, 2.75) is 6.54 Å². The van der Waals surface area contributed by atoms with Gasteiger partial charge in [-0.25, -0.2) is 9.97 Å². The molecule has 0 aliphatic carbocycles. The number of amides is 1. The Hall–Kier alpha value is -2.96. The van der Waals surface area contributed by atoms with Crippen LogP contribution in [0.15, 0.2) is 48.0 Å². The highest BCUT2D eigenvalue weighted by atomic mass is 16.4. The Labute approximate surface area is 115 Å². The fourth-order valence-corrected chi connectivity index (χ4v) is 1.55. The van der Waals surface area contributed by atoms with Crippen LogP contribution in [0.3, 0.4) is 0 Å². The number of nitrogens with one attached hydrogen (secondary N) is 1. The lowest BCUT2D eigenvalue weighted by molar-refractivity contribution is 0.0950. The van der Waals surface area contributed by atoms with Crippen LogP contribution in [0, 0.1) is 0 Å². The van der Waals surface area contributed by atoms with Crippen molar-refractivity contribution in [3.63, 3.8) is 0 Å². The molecule has 0 saturated heterocycles. The van der Waals surface area contributed by atoms with E-state index in [9.17, 15) is 4.79 Å². The smallest absolute Gasteiger partial charge is 0.251 e. The molecule has 1 heterocycles. The highest BCUT2D eigenvalue weighted by molar-refractivity contribution is 5.99. The van der Waals surface area contributed by atoms with Crippen molar-refractivity contribution in [2.75, 3.05) is 0 Å². The molecule has 0 saturated carbocycles. The van der Waals surface area contributed by atoms with Crippen LogP contribution >= 0.6 is 0 Å². The first-order chi connectivity index (χ1) is 9.70. The van der Waals surface area contributed by atoms with Gasteiger partial charge in [-0.1, -0.05) is 17.3 Å². The number of carbonyl (C=O) groups is 1. The summed E-state index contributed by atoms with van der Waals surface area (Å²) < 4.78 is 0. The molecule has 0 unspecified atom stereocenters. The normalized spacial score (nSPS) is 11.1. The minimum absolute atomic E-state index is 0.00190. The van der Waals surface area contributed by atoms with E-state index >= 15 is 0 Å². The van der Waals surface area contributed by atoms with E-state index in [1.165, 1.54) is 6.33 Å². The predicted octanol–water partition coefficient (Wildman–Crippen LogP) is 0.501. The zero-order valence-corrected chi connectivity index (χ0v) is 10.5. The molecule has 0 fully saturated rings. The average molecular weight is 271 g/mol. The van der Waals surface area contributed by atoms with Crippen LogP contribution in [0.4, 0.5) is 0 Å². The van der Waals surface area contributed by atoms with Gasteiger partial charge in [0.05, 0.1) is 12.2 Å². The summed E-state index contributed by atoms with van der Waals surface area (Å²) in [4.78, 5) is 19.7. The highest BCUT2D eigenvalue weighted by Crippen LogP contribution is 2.04. The number of amidine groups is 1. The summed E-state index contributed by atoms with van der Waals surface area (Å²) in [5, 5.41) is 14.2. The second-order valence-electron chi connectivity index (χ2n) is 3.95. The molecule has 0 bridgehead atoms. The van der Waals surface area contributed by atoms with E-state index in [0.717, 1.165) is 5.69 Å². The third kappa shape index (κ3) is 3.29. The Bertz CT molecular complexity index is 610. The number of oxime groups is 1. The average Bonchev–Trinajstić information content (AvgIpc) is 2.53. The zero-order valence-electron chi connectivity index (χ0n) is 10.5. The Balaban J connectivity index is 1.99. The van der Waals surface area contributed by atoms with Crippen LogP contribution in [-0.2, 0) is 6.54 Å². The lowest BCUT2D eigenvalue weighted by Crippen LogP contribution is -2.23. The summed E-state index contributed by atoms with van der Waals surface area (Å²) in [7, 11) is 0. The van der Waals surface area contributed by atoms with Crippen molar-refractivity contribution < 1.29 is 10.0 Å². The first-order valence-electron chi connectivity index (χ1n) is 5.82. The van der Waals surface area contributed by atoms with E-state index in [2.05, 4.69) is 20.4 Å². The third-order valence-corrected chi connectivity index (χ3v) is 2.62. The fourth-order valence-electron chi connectivity index (χ4n) is 1.55. The molecule has 0 radical (unpaired) electrons. The lowest BCUT2D eigenvalue weighted by atomic mass is 10.1. The summed E-state index contributed by atoms with van der Waals surface area (Å²) in [5.74, 6) is -0.229. The lowest BCUT2D eigenvalue weighted by Gasteiger charge is -2.05. The number of carbonyl (C=O) groups excluding carboxylic acids is 1. The van der Waals surface area contributed by atoms with Crippen LogP contribution in [0.2, 0.25) is 0 Å². The minimum atomic E-state index is -0.227. The number of hydrogen-bond acceptors (Lipinski definition) is 5.